The first-order chi connectivity index (χ1) is 15.5. The summed E-state index contributed by atoms with van der Waals surface area (Å²) in [7, 11) is 1.39. The molecule has 11 nitrogen and oxygen atoms in total. The average molecular weight is 438 g/mol. The van der Waals surface area contributed by atoms with Crippen LogP contribution in [-0.4, -0.2) is 36.1 Å². The zero-order valence-corrected chi connectivity index (χ0v) is 17.0. The quantitative estimate of drug-likeness (QED) is 0.242. The number of methoxy groups -OCH3 is 1. The Morgan fingerprint density at radius 1 is 1.34 bits per heavy atom. The molecule has 32 heavy (non-hydrogen) atoms. The number of ether oxygens (including phenoxy) is 2. The number of hydrogen-bond donors (Lipinski definition) is 0. The zero-order chi connectivity index (χ0) is 22.7. The van der Waals surface area contributed by atoms with E-state index >= 15 is 0 Å². The molecule has 0 radical (unpaired) electrons. The number of hydrogen-bond acceptors (Lipinski definition) is 10. The summed E-state index contributed by atoms with van der Waals surface area (Å²) in [6.07, 6.45) is 2.32. The van der Waals surface area contributed by atoms with E-state index in [4.69, 9.17) is 18.3 Å². The van der Waals surface area contributed by atoms with E-state index in [-0.39, 0.29) is 23.0 Å². The summed E-state index contributed by atoms with van der Waals surface area (Å²) >= 11 is 0. The molecule has 0 spiro atoms. The van der Waals surface area contributed by atoms with E-state index in [2.05, 4.69) is 4.98 Å². The van der Waals surface area contributed by atoms with Gasteiger partial charge in [-0.2, -0.15) is 10.2 Å². The highest BCUT2D eigenvalue weighted by Gasteiger charge is 2.31. The molecule has 1 aliphatic rings. The van der Waals surface area contributed by atoms with Crippen LogP contribution in [-0.2, 0) is 4.79 Å². The van der Waals surface area contributed by atoms with E-state index in [1.165, 1.54) is 31.6 Å². The topological polar surface area (TPSA) is 145 Å². The number of nitrogens with zero attached hydrogens (tertiary/aromatic N) is 4. The van der Waals surface area contributed by atoms with Crippen LogP contribution in [0.15, 0.2) is 45.4 Å². The SMILES string of the molecule is COc1ccc(OC(=O)C2CCN(c3oc(-c4ccco4)nc3C#N)CC2)c([N+](=O)[O-])c1. The number of piperidine rings is 1. The summed E-state index contributed by atoms with van der Waals surface area (Å²) in [5, 5.41) is 20.7. The molecule has 11 heteroatoms. The molecular weight excluding hydrogens is 420 g/mol. The molecule has 0 saturated carbocycles. The Morgan fingerprint density at radius 2 is 2.12 bits per heavy atom. The van der Waals surface area contributed by atoms with E-state index in [1.807, 2.05) is 11.0 Å². The smallest absolute Gasteiger partial charge is 0.315 e. The number of nitro benzene ring substituents is 1. The van der Waals surface area contributed by atoms with E-state index in [0.29, 0.717) is 43.3 Å². The summed E-state index contributed by atoms with van der Waals surface area (Å²) in [4.78, 5) is 29.3. The Morgan fingerprint density at radius 3 is 2.75 bits per heavy atom. The minimum atomic E-state index is -0.627. The predicted molar refractivity (Wildman–Crippen MR) is 109 cm³/mol. The summed E-state index contributed by atoms with van der Waals surface area (Å²) in [5.74, 6) is 0.0873. The minimum absolute atomic E-state index is 0.131. The molecule has 3 heterocycles. The van der Waals surface area contributed by atoms with Crippen molar-refractivity contribution >= 4 is 17.5 Å². The van der Waals surface area contributed by atoms with Gasteiger partial charge in [-0.25, -0.2) is 0 Å². The lowest BCUT2D eigenvalue weighted by atomic mass is 9.97. The first-order valence-electron chi connectivity index (χ1n) is 9.74. The summed E-state index contributed by atoms with van der Waals surface area (Å²) in [5.41, 5.74) is -0.216. The van der Waals surface area contributed by atoms with Gasteiger partial charge in [0.25, 0.3) is 5.89 Å². The van der Waals surface area contributed by atoms with E-state index in [1.54, 1.807) is 12.1 Å². The van der Waals surface area contributed by atoms with E-state index < -0.39 is 16.8 Å². The normalized spacial score (nSPS) is 14.1. The Hall–Kier alpha value is -4.33. The van der Waals surface area contributed by atoms with Crippen molar-refractivity contribution in [2.75, 3.05) is 25.1 Å². The molecule has 4 rings (SSSR count). The molecule has 0 unspecified atom stereocenters. The Balaban J connectivity index is 1.43. The molecule has 1 aliphatic heterocycles. The number of rotatable bonds is 6. The Labute approximate surface area is 181 Å². The first kappa shape index (κ1) is 20.9. The fraction of sp³-hybridized carbons (Fsp3) is 0.286. The highest BCUT2D eigenvalue weighted by atomic mass is 16.6. The van der Waals surface area contributed by atoms with Gasteiger partial charge in [0, 0.05) is 13.1 Å². The van der Waals surface area contributed by atoms with Gasteiger partial charge in [0.2, 0.25) is 17.3 Å². The molecule has 1 aromatic carbocycles. The summed E-state index contributed by atoms with van der Waals surface area (Å²) < 4.78 is 21.3. The zero-order valence-electron chi connectivity index (χ0n) is 17.0. The lowest BCUT2D eigenvalue weighted by Crippen LogP contribution is -2.37. The number of nitriles is 1. The molecule has 164 valence electrons. The van der Waals surface area contributed by atoms with Gasteiger partial charge in [0.1, 0.15) is 11.8 Å². The van der Waals surface area contributed by atoms with Crippen molar-refractivity contribution in [2.45, 2.75) is 12.8 Å². The highest BCUT2D eigenvalue weighted by Crippen LogP contribution is 2.34. The predicted octanol–water partition coefficient (Wildman–Crippen LogP) is 3.55. The van der Waals surface area contributed by atoms with Crippen LogP contribution in [0.3, 0.4) is 0 Å². The van der Waals surface area contributed by atoms with Crippen molar-refractivity contribution < 1.29 is 28.0 Å². The standard InChI is InChI=1S/C21H18N4O7/c1-29-14-4-5-17(16(11-14)25(27)28)31-21(26)13-6-8-24(9-7-13)20-15(12-22)23-19(32-20)18-3-2-10-30-18/h2-5,10-11,13H,6-9H2,1H3. The van der Waals surface area contributed by atoms with Crippen LogP contribution in [0.4, 0.5) is 11.6 Å². The van der Waals surface area contributed by atoms with Gasteiger partial charge >= 0.3 is 11.7 Å². The van der Waals surface area contributed by atoms with Crippen LogP contribution in [0, 0.1) is 27.4 Å². The maximum atomic E-state index is 12.6. The maximum Gasteiger partial charge on any atom is 0.315 e. The third kappa shape index (κ3) is 4.11. The second-order valence-electron chi connectivity index (χ2n) is 7.04. The molecular formula is C21H18N4O7. The summed E-state index contributed by atoms with van der Waals surface area (Å²) in [6, 6.07) is 9.41. The molecule has 1 saturated heterocycles. The van der Waals surface area contributed by atoms with Crippen LogP contribution in [0.25, 0.3) is 11.7 Å². The van der Waals surface area contributed by atoms with Crippen molar-refractivity contribution in [1.29, 1.82) is 5.26 Å². The van der Waals surface area contributed by atoms with Crippen molar-refractivity contribution in [2.24, 2.45) is 5.92 Å². The Bertz CT molecular complexity index is 1170. The van der Waals surface area contributed by atoms with Crippen LogP contribution >= 0.6 is 0 Å². The first-order valence-corrected chi connectivity index (χ1v) is 9.74. The lowest BCUT2D eigenvalue weighted by molar-refractivity contribution is -0.385. The van der Waals surface area contributed by atoms with Gasteiger partial charge in [-0.1, -0.05) is 0 Å². The van der Waals surface area contributed by atoms with E-state index in [0.717, 1.165) is 0 Å². The van der Waals surface area contributed by atoms with Crippen LogP contribution < -0.4 is 14.4 Å². The second kappa shape index (κ2) is 8.81. The number of esters is 1. The number of benzene rings is 1. The molecule has 0 N–H and O–H groups in total. The minimum Gasteiger partial charge on any atom is -0.496 e. The third-order valence-electron chi connectivity index (χ3n) is 5.14. The summed E-state index contributed by atoms with van der Waals surface area (Å²) in [6.45, 7) is 0.845. The van der Waals surface area contributed by atoms with Gasteiger partial charge in [0.15, 0.2) is 5.76 Å². The fourth-order valence-electron chi connectivity index (χ4n) is 3.47. The number of carbonyl (C=O) groups is 1. The van der Waals surface area contributed by atoms with Gasteiger partial charge < -0.3 is 23.2 Å². The largest absolute Gasteiger partial charge is 0.496 e. The molecule has 2 aromatic heterocycles. The molecule has 0 amide bonds. The average Bonchev–Trinajstić information content (AvgIpc) is 3.49. The monoisotopic (exact) mass is 438 g/mol. The second-order valence-corrected chi connectivity index (χ2v) is 7.04. The fourth-order valence-corrected chi connectivity index (χ4v) is 3.47. The number of anilines is 1. The number of oxazole rings is 1. The van der Waals surface area contributed by atoms with Crippen molar-refractivity contribution in [1.82, 2.24) is 4.98 Å². The van der Waals surface area contributed by atoms with Crippen molar-refractivity contribution in [3.05, 3.63) is 52.4 Å². The Kier molecular flexibility index (Phi) is 5.76. The molecule has 0 aliphatic carbocycles. The number of furan rings is 1. The van der Waals surface area contributed by atoms with Crippen molar-refractivity contribution in [3.63, 3.8) is 0 Å². The van der Waals surface area contributed by atoms with E-state index in [9.17, 15) is 20.2 Å². The number of carbonyl (C=O) groups excluding carboxylic acids is 1. The molecule has 3 aromatic rings. The van der Waals surface area contributed by atoms with Crippen LogP contribution in [0.5, 0.6) is 11.5 Å². The number of nitro groups is 1. The van der Waals surface area contributed by atoms with Crippen LogP contribution in [0.2, 0.25) is 0 Å². The molecule has 1 fully saturated rings. The third-order valence-corrected chi connectivity index (χ3v) is 5.14. The highest BCUT2D eigenvalue weighted by molar-refractivity contribution is 5.77. The lowest BCUT2D eigenvalue weighted by Gasteiger charge is -2.30. The number of aromatic nitrogens is 1. The van der Waals surface area contributed by atoms with Crippen LogP contribution in [0.1, 0.15) is 18.5 Å². The van der Waals surface area contributed by atoms with Gasteiger partial charge in [-0.3, -0.25) is 14.9 Å². The van der Waals surface area contributed by atoms with Gasteiger partial charge in [-0.05, 0) is 37.1 Å². The van der Waals surface area contributed by atoms with Gasteiger partial charge in [-0.15, -0.1) is 0 Å². The maximum absolute atomic E-state index is 12.6. The molecule has 0 bridgehead atoms. The molecule has 0 atom stereocenters. The van der Waals surface area contributed by atoms with Crippen molar-refractivity contribution in [3.8, 4) is 29.2 Å². The van der Waals surface area contributed by atoms with Gasteiger partial charge in [0.05, 0.1) is 30.3 Å².